The van der Waals surface area contributed by atoms with E-state index in [1.807, 2.05) is 24.4 Å². The molecule has 0 aliphatic carbocycles. The average Bonchev–Trinajstić information content (AvgIpc) is 2.86. The van der Waals surface area contributed by atoms with E-state index in [1.54, 1.807) is 37.6 Å². The lowest BCUT2D eigenvalue weighted by molar-refractivity contribution is 0.0927. The van der Waals surface area contributed by atoms with Crippen molar-refractivity contribution in [3.05, 3.63) is 90.3 Å². The van der Waals surface area contributed by atoms with E-state index in [0.29, 0.717) is 5.75 Å². The van der Waals surface area contributed by atoms with E-state index in [2.05, 4.69) is 43.8 Å². The normalized spacial score (nSPS) is 16.4. The standard InChI is InChI=1S/C25H30N4O3S/c1-32-23-9-11-24(12-10-23)33(30,31)27-19-25(22-8-5-13-26-18-22)29-16-14-28(15-17-29)20-21-6-3-2-4-7-21/h2-13,18,25,27H,14-17,19-20H2,1H3/t25-/m1/s1. The summed E-state index contributed by atoms with van der Waals surface area (Å²) in [7, 11) is -2.09. The Labute approximate surface area is 196 Å². The Morgan fingerprint density at radius 1 is 0.970 bits per heavy atom. The van der Waals surface area contributed by atoms with E-state index < -0.39 is 10.0 Å². The molecule has 2 aromatic carbocycles. The first-order valence-electron chi connectivity index (χ1n) is 11.1. The molecule has 2 heterocycles. The fraction of sp³-hybridized carbons (Fsp3) is 0.320. The van der Waals surface area contributed by atoms with Gasteiger partial charge in [-0.3, -0.25) is 14.8 Å². The highest BCUT2D eigenvalue weighted by atomic mass is 32.2. The maximum Gasteiger partial charge on any atom is 0.240 e. The zero-order valence-electron chi connectivity index (χ0n) is 18.8. The SMILES string of the molecule is COc1ccc(S(=O)(=O)NC[C@H](c2cccnc2)N2CCN(Cc3ccccc3)CC2)cc1. The van der Waals surface area contributed by atoms with Crippen LogP contribution in [0, 0.1) is 0 Å². The molecule has 0 spiro atoms. The van der Waals surface area contributed by atoms with Gasteiger partial charge < -0.3 is 4.74 Å². The second kappa shape index (κ2) is 10.9. The molecular weight excluding hydrogens is 436 g/mol. The molecular formula is C25H30N4O3S. The molecule has 1 aliphatic rings. The number of nitrogens with zero attached hydrogens (tertiary/aromatic N) is 3. The summed E-state index contributed by atoms with van der Waals surface area (Å²) in [5.41, 5.74) is 2.31. The van der Waals surface area contributed by atoms with E-state index in [4.69, 9.17) is 4.74 Å². The van der Waals surface area contributed by atoms with Crippen molar-refractivity contribution in [2.45, 2.75) is 17.5 Å². The second-order valence-electron chi connectivity index (χ2n) is 8.13. The fourth-order valence-corrected chi connectivity index (χ4v) is 5.17. The first-order valence-corrected chi connectivity index (χ1v) is 12.6. The van der Waals surface area contributed by atoms with Crippen molar-refractivity contribution in [3.8, 4) is 5.75 Å². The van der Waals surface area contributed by atoms with Crippen LogP contribution in [0.4, 0.5) is 0 Å². The molecule has 8 heteroatoms. The third-order valence-corrected chi connectivity index (χ3v) is 7.44. The van der Waals surface area contributed by atoms with Crippen LogP contribution in [0.25, 0.3) is 0 Å². The van der Waals surface area contributed by atoms with Crippen molar-refractivity contribution in [2.24, 2.45) is 0 Å². The molecule has 7 nitrogen and oxygen atoms in total. The minimum absolute atomic E-state index is 0.0920. The van der Waals surface area contributed by atoms with Gasteiger partial charge >= 0.3 is 0 Å². The third-order valence-electron chi connectivity index (χ3n) is 6.00. The summed E-state index contributed by atoms with van der Waals surface area (Å²) in [6.45, 7) is 4.77. The molecule has 4 rings (SSSR count). The maximum absolute atomic E-state index is 12.9. The minimum atomic E-state index is -3.64. The lowest BCUT2D eigenvalue weighted by Gasteiger charge is -2.39. The van der Waals surface area contributed by atoms with Crippen molar-refractivity contribution in [1.82, 2.24) is 19.5 Å². The molecule has 33 heavy (non-hydrogen) atoms. The Balaban J connectivity index is 1.43. The van der Waals surface area contributed by atoms with Crippen LogP contribution in [0.15, 0.2) is 84.0 Å². The number of benzene rings is 2. The number of ether oxygens (including phenoxy) is 1. The highest BCUT2D eigenvalue weighted by Gasteiger charge is 2.27. The van der Waals surface area contributed by atoms with Gasteiger partial charge in [-0.2, -0.15) is 0 Å². The summed E-state index contributed by atoms with van der Waals surface area (Å²) < 4.78 is 33.8. The third kappa shape index (κ3) is 6.17. The number of hydrogen-bond acceptors (Lipinski definition) is 6. The Kier molecular flexibility index (Phi) is 7.72. The molecule has 0 unspecified atom stereocenters. The van der Waals surface area contributed by atoms with Crippen LogP contribution < -0.4 is 9.46 Å². The van der Waals surface area contributed by atoms with Crippen molar-refractivity contribution < 1.29 is 13.2 Å². The van der Waals surface area contributed by atoms with Gasteiger partial charge in [-0.05, 0) is 41.5 Å². The van der Waals surface area contributed by atoms with Gasteiger partial charge in [0.25, 0.3) is 0 Å². The first kappa shape index (κ1) is 23.4. The lowest BCUT2D eigenvalue weighted by Crippen LogP contribution is -2.49. The van der Waals surface area contributed by atoms with Gasteiger partial charge in [0.2, 0.25) is 10.0 Å². The van der Waals surface area contributed by atoms with Gasteiger partial charge in [-0.25, -0.2) is 13.1 Å². The Morgan fingerprint density at radius 3 is 2.33 bits per heavy atom. The highest BCUT2D eigenvalue weighted by molar-refractivity contribution is 7.89. The van der Waals surface area contributed by atoms with Crippen LogP contribution in [0.2, 0.25) is 0 Å². The van der Waals surface area contributed by atoms with Gasteiger partial charge in [-0.15, -0.1) is 0 Å². The maximum atomic E-state index is 12.9. The predicted molar refractivity (Wildman–Crippen MR) is 128 cm³/mol. The lowest BCUT2D eigenvalue weighted by atomic mass is 10.1. The van der Waals surface area contributed by atoms with Crippen LogP contribution >= 0.6 is 0 Å². The summed E-state index contributed by atoms with van der Waals surface area (Å²) in [5.74, 6) is 0.621. The molecule has 0 amide bonds. The zero-order chi connectivity index (χ0) is 23.1. The number of aromatic nitrogens is 1. The summed E-state index contributed by atoms with van der Waals surface area (Å²) >= 11 is 0. The smallest absolute Gasteiger partial charge is 0.240 e. The number of rotatable bonds is 9. The van der Waals surface area contributed by atoms with Crippen LogP contribution in [-0.4, -0.2) is 63.0 Å². The molecule has 174 valence electrons. The van der Waals surface area contributed by atoms with Gasteiger partial charge in [0.05, 0.1) is 12.0 Å². The molecule has 0 bridgehead atoms. The monoisotopic (exact) mass is 466 g/mol. The molecule has 1 aromatic heterocycles. The van der Waals surface area contributed by atoms with Gasteiger partial charge in [0.15, 0.2) is 0 Å². The van der Waals surface area contributed by atoms with E-state index in [1.165, 1.54) is 5.56 Å². The molecule has 1 atom stereocenters. The summed E-state index contributed by atoms with van der Waals surface area (Å²) in [4.78, 5) is 9.27. The number of piperazine rings is 1. The number of methoxy groups -OCH3 is 1. The zero-order valence-corrected chi connectivity index (χ0v) is 19.6. The molecule has 0 saturated carbocycles. The predicted octanol–water partition coefficient (Wildman–Crippen LogP) is 2.93. The molecule has 3 aromatic rings. The van der Waals surface area contributed by atoms with E-state index >= 15 is 0 Å². The molecule has 1 N–H and O–H groups in total. The quantitative estimate of drug-likeness (QED) is 0.523. The summed E-state index contributed by atoms with van der Waals surface area (Å²) in [6, 6.07) is 20.7. The Morgan fingerprint density at radius 2 is 1.70 bits per heavy atom. The van der Waals surface area contributed by atoms with Crippen LogP contribution in [0.1, 0.15) is 17.2 Å². The van der Waals surface area contributed by atoms with Crippen molar-refractivity contribution in [2.75, 3.05) is 39.8 Å². The fourth-order valence-electron chi connectivity index (χ4n) is 4.13. The number of hydrogen-bond donors (Lipinski definition) is 1. The van der Waals surface area contributed by atoms with Crippen molar-refractivity contribution >= 4 is 10.0 Å². The van der Waals surface area contributed by atoms with Gasteiger partial charge in [-0.1, -0.05) is 36.4 Å². The van der Waals surface area contributed by atoms with E-state index in [9.17, 15) is 8.42 Å². The van der Waals surface area contributed by atoms with E-state index in [-0.39, 0.29) is 17.5 Å². The van der Waals surface area contributed by atoms with Crippen molar-refractivity contribution in [1.29, 1.82) is 0 Å². The van der Waals surface area contributed by atoms with Gasteiger partial charge in [0.1, 0.15) is 5.75 Å². The summed E-state index contributed by atoms with van der Waals surface area (Å²) in [5, 5.41) is 0. The Bertz CT molecular complexity index is 1100. The first-order chi connectivity index (χ1) is 16.0. The molecule has 1 fully saturated rings. The largest absolute Gasteiger partial charge is 0.497 e. The van der Waals surface area contributed by atoms with Gasteiger partial charge in [0, 0.05) is 57.7 Å². The van der Waals surface area contributed by atoms with Crippen molar-refractivity contribution in [3.63, 3.8) is 0 Å². The van der Waals surface area contributed by atoms with Crippen LogP contribution in [0.3, 0.4) is 0 Å². The van der Waals surface area contributed by atoms with E-state index in [0.717, 1.165) is 38.3 Å². The number of pyridine rings is 1. The minimum Gasteiger partial charge on any atom is -0.497 e. The summed E-state index contributed by atoms with van der Waals surface area (Å²) in [6.07, 6.45) is 3.56. The molecule has 1 aliphatic heterocycles. The topological polar surface area (TPSA) is 74.8 Å². The highest BCUT2D eigenvalue weighted by Crippen LogP contribution is 2.23. The average molecular weight is 467 g/mol. The molecule has 0 radical (unpaired) electrons. The van der Waals surface area contributed by atoms with Crippen LogP contribution in [-0.2, 0) is 16.6 Å². The molecule has 1 saturated heterocycles. The number of sulfonamides is 1. The van der Waals surface area contributed by atoms with Crippen LogP contribution in [0.5, 0.6) is 5.75 Å². The second-order valence-corrected chi connectivity index (χ2v) is 9.89. The Hall–Kier alpha value is -2.78. The number of nitrogens with one attached hydrogen (secondary N) is 1.